The van der Waals surface area contributed by atoms with Crippen LogP contribution >= 0.6 is 0 Å². The van der Waals surface area contributed by atoms with Crippen LogP contribution in [0.25, 0.3) is 0 Å². The van der Waals surface area contributed by atoms with Crippen LogP contribution in [0, 0.1) is 0 Å². The summed E-state index contributed by atoms with van der Waals surface area (Å²) in [5, 5.41) is 17.0. The van der Waals surface area contributed by atoms with Crippen LogP contribution in [-0.2, 0) is 0 Å². The van der Waals surface area contributed by atoms with Gasteiger partial charge >= 0.3 is 7.12 Å². The molecule has 0 aromatic rings. The van der Waals surface area contributed by atoms with Gasteiger partial charge in [-0.2, -0.15) is 0 Å². The van der Waals surface area contributed by atoms with Crippen molar-refractivity contribution >= 4 is 15.2 Å². The minimum Gasteiger partial charge on any atom is -0.427 e. The van der Waals surface area contributed by atoms with Gasteiger partial charge in [-0.1, -0.05) is 19.6 Å². The van der Waals surface area contributed by atoms with E-state index in [-0.39, 0.29) is 0 Å². The maximum absolute atomic E-state index is 8.48. The van der Waals surface area contributed by atoms with E-state index in [0.717, 1.165) is 0 Å². The van der Waals surface area contributed by atoms with E-state index in [9.17, 15) is 0 Å². The van der Waals surface area contributed by atoms with Gasteiger partial charge in [0.2, 0.25) is 0 Å². The molecule has 8 heavy (non-hydrogen) atoms. The molecule has 2 nitrogen and oxygen atoms in total. The first-order valence-corrected chi connectivity index (χ1v) is 6.49. The second-order valence-corrected chi connectivity index (χ2v) is 8.77. The average Bonchev–Trinajstić information content (AvgIpc) is 1.21. The molecule has 0 amide bonds. The molecule has 0 bridgehead atoms. The second-order valence-electron chi connectivity index (χ2n) is 3.25. The van der Waals surface area contributed by atoms with Gasteiger partial charge in [0.1, 0.15) is 0 Å². The molecule has 0 aromatic carbocycles. The van der Waals surface area contributed by atoms with E-state index in [1.165, 1.54) is 0 Å². The molecule has 0 aliphatic carbocycles. The highest BCUT2D eigenvalue weighted by Crippen LogP contribution is 2.07. The molecule has 0 heterocycles. The Balaban J connectivity index is 3.39. The summed E-state index contributed by atoms with van der Waals surface area (Å²) in [6, 6.07) is 0. The Labute approximate surface area is 51.7 Å². The van der Waals surface area contributed by atoms with Gasteiger partial charge in [-0.15, -0.1) is 0 Å². The second kappa shape index (κ2) is 2.66. The van der Waals surface area contributed by atoms with Crippen LogP contribution in [0.3, 0.4) is 0 Å². The predicted octanol–water partition coefficient (Wildman–Crippen LogP) is 0.337. The van der Waals surface area contributed by atoms with Gasteiger partial charge in [-0.05, 0) is 5.94 Å². The lowest BCUT2D eigenvalue weighted by Gasteiger charge is -2.13. The highest BCUT2D eigenvalue weighted by molar-refractivity contribution is 6.84. The molecule has 0 rings (SSSR count). The van der Waals surface area contributed by atoms with Gasteiger partial charge in [0.05, 0.1) is 0 Å². The molecular weight excluding hydrogens is 119 g/mol. The molecule has 48 valence electrons. The summed E-state index contributed by atoms with van der Waals surface area (Å²) in [7, 11) is -2.32. The van der Waals surface area contributed by atoms with Crippen molar-refractivity contribution in [1.82, 2.24) is 0 Å². The monoisotopic (exact) mass is 132 g/mol. The quantitative estimate of drug-likeness (QED) is 0.531. The predicted molar refractivity (Wildman–Crippen MR) is 38.3 cm³/mol. The van der Waals surface area contributed by atoms with Crippen LogP contribution in [-0.4, -0.2) is 25.2 Å². The van der Waals surface area contributed by atoms with Crippen molar-refractivity contribution in [3.8, 4) is 0 Å². The van der Waals surface area contributed by atoms with Crippen molar-refractivity contribution < 1.29 is 10.0 Å². The Kier molecular flexibility index (Phi) is 2.73. The van der Waals surface area contributed by atoms with E-state index in [1.807, 2.05) is 0 Å². The van der Waals surface area contributed by atoms with E-state index in [4.69, 9.17) is 10.0 Å². The molecule has 0 spiro atoms. The van der Waals surface area contributed by atoms with Crippen molar-refractivity contribution in [2.45, 2.75) is 25.6 Å². The first-order valence-electron chi connectivity index (χ1n) is 2.78. The number of rotatable bonds is 2. The van der Waals surface area contributed by atoms with E-state index < -0.39 is 15.2 Å². The van der Waals surface area contributed by atoms with Gasteiger partial charge in [0.25, 0.3) is 0 Å². The molecule has 0 aromatic heterocycles. The molecule has 0 atom stereocenters. The number of hydrogen-bond donors (Lipinski definition) is 2. The van der Waals surface area contributed by atoms with Crippen molar-refractivity contribution in [1.29, 1.82) is 0 Å². The van der Waals surface area contributed by atoms with Gasteiger partial charge < -0.3 is 10.0 Å². The zero-order valence-corrected chi connectivity index (χ0v) is 6.68. The zero-order valence-electron chi connectivity index (χ0n) is 5.68. The standard InChI is InChI=1S/C4H13BO2Si/c1-8(2,3)4-5(6)7/h6-7H,4H2,1-3H3. The lowest BCUT2D eigenvalue weighted by molar-refractivity contribution is 0.413. The van der Waals surface area contributed by atoms with Gasteiger partial charge in [0.15, 0.2) is 0 Å². The molecule has 0 fully saturated rings. The zero-order chi connectivity index (χ0) is 6.78. The normalized spacial score (nSPS) is 11.6. The Morgan fingerprint density at radius 1 is 1.25 bits per heavy atom. The van der Waals surface area contributed by atoms with Gasteiger partial charge in [0, 0.05) is 8.07 Å². The smallest absolute Gasteiger partial charge is 0.427 e. The molecule has 0 aliphatic rings. The van der Waals surface area contributed by atoms with Crippen LogP contribution in [0.5, 0.6) is 0 Å². The average molecular weight is 132 g/mol. The molecule has 4 heteroatoms. The minimum atomic E-state index is -1.22. The molecular formula is C4H13BO2Si. The largest absolute Gasteiger partial charge is 0.448 e. The molecule has 0 radical (unpaired) electrons. The van der Waals surface area contributed by atoms with E-state index >= 15 is 0 Å². The fourth-order valence-corrected chi connectivity index (χ4v) is 1.64. The third-order valence-electron chi connectivity index (χ3n) is 0.795. The fraction of sp³-hybridized carbons (Fsp3) is 1.00. The third kappa shape index (κ3) is 6.20. The maximum Gasteiger partial charge on any atom is 0.448 e. The summed E-state index contributed by atoms with van der Waals surface area (Å²) in [6.07, 6.45) is 0. The third-order valence-corrected chi connectivity index (χ3v) is 2.38. The summed E-state index contributed by atoms with van der Waals surface area (Å²) in [6.45, 7) is 6.31. The maximum atomic E-state index is 8.48. The molecule has 0 unspecified atom stereocenters. The van der Waals surface area contributed by atoms with E-state index in [1.54, 1.807) is 0 Å². The summed E-state index contributed by atoms with van der Waals surface area (Å²) in [5.41, 5.74) is 0. The Bertz CT molecular complexity index is 68.9. The van der Waals surface area contributed by atoms with Crippen molar-refractivity contribution in [3.05, 3.63) is 0 Å². The fourth-order valence-electron chi connectivity index (χ4n) is 0.548. The van der Waals surface area contributed by atoms with E-state index in [0.29, 0.717) is 5.94 Å². The van der Waals surface area contributed by atoms with Gasteiger partial charge in [-0.3, -0.25) is 0 Å². The summed E-state index contributed by atoms with van der Waals surface area (Å²) >= 11 is 0. The van der Waals surface area contributed by atoms with E-state index in [2.05, 4.69) is 19.6 Å². The summed E-state index contributed by atoms with van der Waals surface area (Å²) in [5.74, 6) is 0.576. The Morgan fingerprint density at radius 3 is 1.62 bits per heavy atom. The summed E-state index contributed by atoms with van der Waals surface area (Å²) < 4.78 is 0. The van der Waals surface area contributed by atoms with Crippen LogP contribution in [0.2, 0.25) is 25.6 Å². The molecule has 0 saturated heterocycles. The lowest BCUT2D eigenvalue weighted by Crippen LogP contribution is -2.29. The lowest BCUT2D eigenvalue weighted by atomic mass is 9.97. The van der Waals surface area contributed by atoms with Crippen LogP contribution in [0.4, 0.5) is 0 Å². The topological polar surface area (TPSA) is 40.5 Å². The van der Waals surface area contributed by atoms with Gasteiger partial charge in [-0.25, -0.2) is 0 Å². The summed E-state index contributed by atoms with van der Waals surface area (Å²) in [4.78, 5) is 0. The molecule has 0 aliphatic heterocycles. The minimum absolute atomic E-state index is 0.576. The molecule has 2 N–H and O–H groups in total. The number of hydrogen-bond acceptors (Lipinski definition) is 2. The van der Waals surface area contributed by atoms with Crippen molar-refractivity contribution in [2.24, 2.45) is 0 Å². The van der Waals surface area contributed by atoms with Crippen LogP contribution in [0.1, 0.15) is 0 Å². The highest BCUT2D eigenvalue weighted by Gasteiger charge is 2.20. The highest BCUT2D eigenvalue weighted by atomic mass is 28.3. The van der Waals surface area contributed by atoms with Crippen molar-refractivity contribution in [3.63, 3.8) is 0 Å². The Morgan fingerprint density at radius 2 is 1.62 bits per heavy atom. The first-order chi connectivity index (χ1) is 3.42. The van der Waals surface area contributed by atoms with Crippen LogP contribution in [0.15, 0.2) is 0 Å². The first kappa shape index (κ1) is 8.20. The van der Waals surface area contributed by atoms with Crippen LogP contribution < -0.4 is 0 Å². The molecule has 0 saturated carbocycles. The Hall–Kier alpha value is 0.202. The van der Waals surface area contributed by atoms with Crippen molar-refractivity contribution in [2.75, 3.05) is 0 Å². The SMILES string of the molecule is C[Si](C)(C)CB(O)O.